The van der Waals surface area contributed by atoms with E-state index in [0.717, 1.165) is 27.1 Å². The zero-order valence-corrected chi connectivity index (χ0v) is 15.3. The molecule has 0 saturated heterocycles. The first-order chi connectivity index (χ1) is 11.5. The lowest BCUT2D eigenvalue weighted by Crippen LogP contribution is -2.30. The van der Waals surface area contributed by atoms with Gasteiger partial charge in [0, 0.05) is 19.1 Å². The van der Waals surface area contributed by atoms with Crippen LogP contribution in [0.4, 0.5) is 4.39 Å². The highest BCUT2D eigenvalue weighted by molar-refractivity contribution is 9.10. The molecule has 0 radical (unpaired) electrons. The highest BCUT2D eigenvalue weighted by Crippen LogP contribution is 2.39. The molecule has 0 bridgehead atoms. The zero-order chi connectivity index (χ0) is 17.1. The van der Waals surface area contributed by atoms with Crippen LogP contribution < -0.4 is 14.8 Å². The Morgan fingerprint density at radius 3 is 2.83 bits per heavy atom. The second-order valence-corrected chi connectivity index (χ2v) is 6.83. The molecular formula is C18H20BrFN2O2. The molecular weight excluding hydrogens is 375 g/mol. The summed E-state index contributed by atoms with van der Waals surface area (Å²) < 4.78 is 25.2. The first-order valence-electron chi connectivity index (χ1n) is 7.75. The van der Waals surface area contributed by atoms with Crippen LogP contribution in [-0.2, 0) is 6.54 Å². The molecule has 0 aromatic heterocycles. The van der Waals surface area contributed by atoms with Gasteiger partial charge in [-0.05, 0) is 65.4 Å². The maximum atomic E-state index is 13.5. The van der Waals surface area contributed by atoms with Crippen molar-refractivity contribution in [2.24, 2.45) is 0 Å². The lowest BCUT2D eigenvalue weighted by atomic mass is 10.1. The van der Waals surface area contributed by atoms with Crippen LogP contribution >= 0.6 is 15.9 Å². The summed E-state index contributed by atoms with van der Waals surface area (Å²) in [5.74, 6) is 1.30. The Bertz CT molecular complexity index is 724. The van der Waals surface area contributed by atoms with Gasteiger partial charge in [-0.3, -0.25) is 0 Å². The van der Waals surface area contributed by atoms with E-state index in [1.165, 1.54) is 6.07 Å². The average molecular weight is 395 g/mol. The molecule has 128 valence electrons. The molecule has 24 heavy (non-hydrogen) atoms. The van der Waals surface area contributed by atoms with E-state index in [1.54, 1.807) is 12.1 Å². The maximum absolute atomic E-state index is 13.5. The Labute approximate surface area is 149 Å². The van der Waals surface area contributed by atoms with E-state index in [1.807, 2.05) is 32.3 Å². The van der Waals surface area contributed by atoms with Gasteiger partial charge in [-0.1, -0.05) is 12.1 Å². The molecule has 1 aliphatic heterocycles. The van der Waals surface area contributed by atoms with Crippen molar-refractivity contribution in [2.75, 3.05) is 27.4 Å². The molecule has 1 atom stereocenters. The van der Waals surface area contributed by atoms with Crippen molar-refractivity contribution in [1.82, 2.24) is 10.2 Å². The average Bonchev–Trinajstić information content (AvgIpc) is 3.00. The molecule has 0 aliphatic carbocycles. The monoisotopic (exact) mass is 394 g/mol. The van der Waals surface area contributed by atoms with Crippen molar-refractivity contribution in [1.29, 1.82) is 0 Å². The molecule has 1 aliphatic rings. The summed E-state index contributed by atoms with van der Waals surface area (Å²) in [7, 11) is 3.99. The van der Waals surface area contributed by atoms with Crippen LogP contribution in [0.5, 0.6) is 11.5 Å². The second-order valence-electron chi connectivity index (χ2n) is 5.98. The van der Waals surface area contributed by atoms with Gasteiger partial charge in [-0.15, -0.1) is 0 Å². The van der Waals surface area contributed by atoms with Crippen molar-refractivity contribution < 1.29 is 13.9 Å². The third-order valence-electron chi connectivity index (χ3n) is 4.01. The Balaban J connectivity index is 1.65. The fourth-order valence-corrected chi connectivity index (χ4v) is 3.39. The summed E-state index contributed by atoms with van der Waals surface area (Å²) in [6.45, 7) is 1.66. The number of rotatable bonds is 6. The highest BCUT2D eigenvalue weighted by Gasteiger charge is 2.18. The van der Waals surface area contributed by atoms with E-state index in [0.29, 0.717) is 13.1 Å². The summed E-state index contributed by atoms with van der Waals surface area (Å²) in [5.41, 5.74) is 2.06. The van der Waals surface area contributed by atoms with Crippen LogP contribution in [0.1, 0.15) is 17.2 Å². The van der Waals surface area contributed by atoms with Gasteiger partial charge in [0.25, 0.3) is 0 Å². The zero-order valence-electron chi connectivity index (χ0n) is 13.7. The van der Waals surface area contributed by atoms with E-state index in [9.17, 15) is 4.39 Å². The number of likely N-dealkylation sites (N-methyl/N-ethyl adjacent to an activating group) is 1. The lowest BCUT2D eigenvalue weighted by molar-refractivity contribution is 0.173. The number of ether oxygens (including phenoxy) is 2. The predicted molar refractivity (Wildman–Crippen MR) is 94.8 cm³/mol. The molecule has 1 heterocycles. The standard InChI is InChI=1S/C18H20BrFN2O2/c1-22(2)16(13-4-3-5-14(20)8-13)10-21-9-12-6-15(19)18-17(7-12)23-11-24-18/h3-8,16,21H,9-11H2,1-2H3. The second kappa shape index (κ2) is 7.51. The molecule has 1 N–H and O–H groups in total. The first-order valence-corrected chi connectivity index (χ1v) is 8.54. The van der Waals surface area contributed by atoms with Crippen LogP contribution in [0.3, 0.4) is 0 Å². The molecule has 2 aromatic carbocycles. The Hall–Kier alpha value is -1.63. The van der Waals surface area contributed by atoms with Gasteiger partial charge in [0.2, 0.25) is 6.79 Å². The quantitative estimate of drug-likeness (QED) is 0.809. The fourth-order valence-electron chi connectivity index (χ4n) is 2.79. The van der Waals surface area contributed by atoms with Gasteiger partial charge < -0.3 is 19.7 Å². The van der Waals surface area contributed by atoms with E-state index in [-0.39, 0.29) is 18.7 Å². The lowest BCUT2D eigenvalue weighted by Gasteiger charge is -2.25. The van der Waals surface area contributed by atoms with Gasteiger partial charge >= 0.3 is 0 Å². The predicted octanol–water partition coefficient (Wildman–Crippen LogP) is 3.71. The smallest absolute Gasteiger partial charge is 0.231 e. The van der Waals surface area contributed by atoms with E-state index in [4.69, 9.17) is 9.47 Å². The largest absolute Gasteiger partial charge is 0.454 e. The van der Waals surface area contributed by atoms with Crippen LogP contribution in [-0.4, -0.2) is 32.3 Å². The Kier molecular flexibility index (Phi) is 5.38. The van der Waals surface area contributed by atoms with Crippen molar-refractivity contribution in [2.45, 2.75) is 12.6 Å². The van der Waals surface area contributed by atoms with E-state index >= 15 is 0 Å². The third kappa shape index (κ3) is 3.88. The SMILES string of the molecule is CN(C)C(CNCc1cc(Br)c2c(c1)OCO2)c1cccc(F)c1. The molecule has 6 heteroatoms. The Morgan fingerprint density at radius 1 is 1.25 bits per heavy atom. The number of benzene rings is 2. The van der Waals surface area contributed by atoms with Gasteiger partial charge in [-0.25, -0.2) is 4.39 Å². The fraction of sp³-hybridized carbons (Fsp3) is 0.333. The molecule has 0 spiro atoms. The van der Waals surface area contributed by atoms with Crippen LogP contribution in [0.2, 0.25) is 0 Å². The van der Waals surface area contributed by atoms with Gasteiger partial charge in [0.05, 0.1) is 4.47 Å². The van der Waals surface area contributed by atoms with Crippen molar-refractivity contribution >= 4 is 15.9 Å². The first kappa shape index (κ1) is 17.2. The molecule has 3 rings (SSSR count). The minimum Gasteiger partial charge on any atom is -0.454 e. The van der Waals surface area contributed by atoms with Crippen LogP contribution in [0.15, 0.2) is 40.9 Å². The summed E-state index contributed by atoms with van der Waals surface area (Å²) in [6.07, 6.45) is 0. The number of halogens is 2. The van der Waals surface area contributed by atoms with Gasteiger partial charge in [0.15, 0.2) is 11.5 Å². The third-order valence-corrected chi connectivity index (χ3v) is 4.60. The number of fused-ring (bicyclic) bond motifs is 1. The van der Waals surface area contributed by atoms with Crippen molar-refractivity contribution in [3.05, 3.63) is 57.8 Å². The molecule has 1 unspecified atom stereocenters. The van der Waals surface area contributed by atoms with Crippen molar-refractivity contribution in [3.8, 4) is 11.5 Å². The normalized spacial score (nSPS) is 14.2. The topological polar surface area (TPSA) is 33.7 Å². The molecule has 0 amide bonds. The van der Waals surface area contributed by atoms with Crippen molar-refractivity contribution in [3.63, 3.8) is 0 Å². The number of nitrogens with zero attached hydrogens (tertiary/aromatic N) is 1. The molecule has 2 aromatic rings. The summed E-state index contributed by atoms with van der Waals surface area (Å²) in [5, 5.41) is 3.44. The minimum atomic E-state index is -0.209. The maximum Gasteiger partial charge on any atom is 0.231 e. The van der Waals surface area contributed by atoms with Gasteiger partial charge in [0.1, 0.15) is 5.82 Å². The summed E-state index contributed by atoms with van der Waals surface area (Å²) in [4.78, 5) is 2.08. The minimum absolute atomic E-state index is 0.0955. The molecule has 4 nitrogen and oxygen atoms in total. The number of nitrogens with one attached hydrogen (secondary N) is 1. The van der Waals surface area contributed by atoms with Crippen LogP contribution in [0.25, 0.3) is 0 Å². The highest BCUT2D eigenvalue weighted by atomic mass is 79.9. The molecule has 0 saturated carbocycles. The number of hydrogen-bond donors (Lipinski definition) is 1. The van der Waals surface area contributed by atoms with E-state index in [2.05, 4.69) is 26.1 Å². The number of hydrogen-bond acceptors (Lipinski definition) is 4. The van der Waals surface area contributed by atoms with Crippen LogP contribution in [0, 0.1) is 5.82 Å². The Morgan fingerprint density at radius 2 is 2.08 bits per heavy atom. The summed E-state index contributed by atoms with van der Waals surface area (Å²) in [6, 6.07) is 10.8. The van der Waals surface area contributed by atoms with Gasteiger partial charge in [-0.2, -0.15) is 0 Å². The van der Waals surface area contributed by atoms with E-state index < -0.39 is 0 Å². The summed E-state index contributed by atoms with van der Waals surface area (Å²) >= 11 is 3.50. The molecule has 0 fully saturated rings.